The molecule has 22 heavy (non-hydrogen) atoms. The molecule has 0 saturated heterocycles. The zero-order valence-corrected chi connectivity index (χ0v) is 12.6. The third-order valence-corrected chi connectivity index (χ3v) is 5.08. The van der Waals surface area contributed by atoms with Crippen molar-refractivity contribution in [3.05, 3.63) is 68.7 Å². The van der Waals surface area contributed by atoms with Crippen LogP contribution < -0.4 is 0 Å². The first-order valence-electron chi connectivity index (χ1n) is 6.59. The third-order valence-electron chi connectivity index (χ3n) is 4.61. The standard InChI is InChI=1S/C16H10Cl2O4/c17-7-2-4-11-10(5-7)14(20)16(22)12-6-8(18)1-3-9(12)13(19)15(11,16)21/h1-6,14,20-22H/t14-,15-,16-/m1/s1. The molecule has 112 valence electrons. The van der Waals surface area contributed by atoms with Crippen LogP contribution in [0.25, 0.3) is 0 Å². The lowest BCUT2D eigenvalue weighted by Gasteiger charge is -2.33. The first-order chi connectivity index (χ1) is 10.3. The van der Waals surface area contributed by atoms with Gasteiger partial charge < -0.3 is 15.3 Å². The Morgan fingerprint density at radius 1 is 0.955 bits per heavy atom. The molecule has 2 aliphatic rings. The molecule has 0 aromatic heterocycles. The number of ketones is 1. The molecule has 0 amide bonds. The molecule has 0 fully saturated rings. The number of hydrogen-bond acceptors (Lipinski definition) is 4. The molecule has 0 spiro atoms. The summed E-state index contributed by atoms with van der Waals surface area (Å²) in [7, 11) is 0. The molecule has 2 aliphatic carbocycles. The molecule has 0 bridgehead atoms. The van der Waals surface area contributed by atoms with Crippen LogP contribution in [0.2, 0.25) is 10.0 Å². The second kappa shape index (κ2) is 4.10. The summed E-state index contributed by atoms with van der Waals surface area (Å²) in [5.41, 5.74) is -3.78. The maximum absolute atomic E-state index is 12.7. The van der Waals surface area contributed by atoms with Gasteiger partial charge in [0.2, 0.25) is 5.78 Å². The Morgan fingerprint density at radius 3 is 2.32 bits per heavy atom. The number of Topliss-reactive ketones (excluding diaryl/α,β-unsaturated/α-hetero) is 1. The van der Waals surface area contributed by atoms with Gasteiger partial charge >= 0.3 is 0 Å². The van der Waals surface area contributed by atoms with Crippen molar-refractivity contribution >= 4 is 29.0 Å². The highest BCUT2D eigenvalue weighted by Crippen LogP contribution is 2.62. The molecule has 3 atom stereocenters. The molecule has 0 radical (unpaired) electrons. The lowest BCUT2D eigenvalue weighted by Crippen LogP contribution is -2.48. The van der Waals surface area contributed by atoms with Crippen molar-refractivity contribution < 1.29 is 20.1 Å². The summed E-state index contributed by atoms with van der Waals surface area (Å²) in [5.74, 6) is -0.665. The fraction of sp³-hybridized carbons (Fsp3) is 0.188. The Hall–Kier alpha value is -1.43. The Balaban J connectivity index is 2.10. The van der Waals surface area contributed by atoms with E-state index in [0.717, 1.165) is 0 Å². The molecule has 0 heterocycles. The number of carbonyl (C=O) groups is 1. The number of carbonyl (C=O) groups excluding carboxylic acids is 1. The Labute approximate surface area is 135 Å². The Kier molecular flexibility index (Phi) is 2.64. The van der Waals surface area contributed by atoms with Crippen molar-refractivity contribution in [3.8, 4) is 0 Å². The fourth-order valence-corrected chi connectivity index (χ4v) is 3.93. The molecule has 2 aromatic carbocycles. The molecule has 0 aliphatic heterocycles. The average Bonchev–Trinajstić information content (AvgIpc) is 2.77. The molecular weight excluding hydrogens is 327 g/mol. The number of halogens is 2. The summed E-state index contributed by atoms with van der Waals surface area (Å²) < 4.78 is 0. The van der Waals surface area contributed by atoms with Crippen LogP contribution in [-0.4, -0.2) is 21.1 Å². The number of aliphatic hydroxyl groups excluding tert-OH is 1. The topological polar surface area (TPSA) is 77.8 Å². The number of rotatable bonds is 0. The number of benzene rings is 2. The second-order valence-corrected chi connectivity index (χ2v) is 6.50. The summed E-state index contributed by atoms with van der Waals surface area (Å²) in [4.78, 5) is 12.7. The van der Waals surface area contributed by atoms with Crippen LogP contribution in [0.1, 0.15) is 33.2 Å². The van der Waals surface area contributed by atoms with E-state index in [4.69, 9.17) is 23.2 Å². The highest BCUT2D eigenvalue weighted by Gasteiger charge is 2.71. The van der Waals surface area contributed by atoms with Crippen LogP contribution >= 0.6 is 23.2 Å². The van der Waals surface area contributed by atoms with Crippen molar-refractivity contribution in [3.63, 3.8) is 0 Å². The van der Waals surface area contributed by atoms with Crippen molar-refractivity contribution in [2.24, 2.45) is 0 Å². The molecule has 0 saturated carbocycles. The Morgan fingerprint density at radius 2 is 1.59 bits per heavy atom. The normalized spacial score (nSPS) is 31.9. The van der Waals surface area contributed by atoms with E-state index >= 15 is 0 Å². The van der Waals surface area contributed by atoms with Gasteiger partial charge in [-0.1, -0.05) is 29.3 Å². The molecule has 0 unspecified atom stereocenters. The number of aliphatic hydroxyl groups is 3. The van der Waals surface area contributed by atoms with Crippen molar-refractivity contribution in [1.82, 2.24) is 0 Å². The molecular formula is C16H10Cl2O4. The van der Waals surface area contributed by atoms with Crippen LogP contribution in [-0.2, 0) is 11.2 Å². The predicted molar refractivity (Wildman–Crippen MR) is 80.0 cm³/mol. The van der Waals surface area contributed by atoms with E-state index in [0.29, 0.717) is 10.0 Å². The highest BCUT2D eigenvalue weighted by molar-refractivity contribution is 6.31. The lowest BCUT2D eigenvalue weighted by molar-refractivity contribution is -0.171. The van der Waals surface area contributed by atoms with E-state index in [-0.39, 0.29) is 22.3 Å². The van der Waals surface area contributed by atoms with Crippen LogP contribution in [0, 0.1) is 0 Å². The summed E-state index contributed by atoms with van der Waals surface area (Å²) in [6.07, 6.45) is -1.49. The van der Waals surface area contributed by atoms with Gasteiger partial charge in [0, 0.05) is 26.7 Å². The lowest BCUT2D eigenvalue weighted by atomic mass is 9.82. The van der Waals surface area contributed by atoms with E-state index in [9.17, 15) is 20.1 Å². The van der Waals surface area contributed by atoms with Crippen LogP contribution in [0.4, 0.5) is 0 Å². The van der Waals surface area contributed by atoms with Gasteiger partial charge in [0.25, 0.3) is 0 Å². The third kappa shape index (κ3) is 1.33. The van der Waals surface area contributed by atoms with Gasteiger partial charge in [-0.15, -0.1) is 0 Å². The van der Waals surface area contributed by atoms with Gasteiger partial charge in [-0.05, 0) is 35.9 Å². The summed E-state index contributed by atoms with van der Waals surface area (Å²) in [6.45, 7) is 0. The molecule has 4 rings (SSSR count). The first kappa shape index (κ1) is 14.2. The van der Waals surface area contributed by atoms with Gasteiger partial charge in [0.1, 0.15) is 6.10 Å². The highest BCUT2D eigenvalue weighted by atomic mass is 35.5. The molecule has 6 heteroatoms. The van der Waals surface area contributed by atoms with Gasteiger partial charge in [-0.3, -0.25) is 4.79 Å². The first-order valence-corrected chi connectivity index (χ1v) is 7.35. The Bertz CT molecular complexity index is 850. The van der Waals surface area contributed by atoms with Gasteiger partial charge in [-0.25, -0.2) is 0 Å². The minimum Gasteiger partial charge on any atom is -0.385 e. The predicted octanol–water partition coefficient (Wildman–Crippen LogP) is 2.31. The quantitative estimate of drug-likeness (QED) is 0.689. The number of fused-ring (bicyclic) bond motifs is 5. The maximum atomic E-state index is 12.7. The van der Waals surface area contributed by atoms with E-state index < -0.39 is 23.1 Å². The minimum absolute atomic E-state index is 0.118. The smallest absolute Gasteiger partial charge is 0.202 e. The largest absolute Gasteiger partial charge is 0.385 e. The van der Waals surface area contributed by atoms with Gasteiger partial charge in [0.15, 0.2) is 11.2 Å². The van der Waals surface area contributed by atoms with E-state index in [1.165, 1.54) is 36.4 Å². The van der Waals surface area contributed by atoms with Crippen LogP contribution in [0.5, 0.6) is 0 Å². The van der Waals surface area contributed by atoms with E-state index in [1.54, 1.807) is 0 Å². The van der Waals surface area contributed by atoms with Gasteiger partial charge in [0.05, 0.1) is 0 Å². The molecule has 4 nitrogen and oxygen atoms in total. The van der Waals surface area contributed by atoms with Crippen LogP contribution in [0.3, 0.4) is 0 Å². The summed E-state index contributed by atoms with van der Waals surface area (Å²) in [6, 6.07) is 8.72. The minimum atomic E-state index is -2.25. The molecule has 2 aromatic rings. The van der Waals surface area contributed by atoms with E-state index in [1.807, 2.05) is 0 Å². The van der Waals surface area contributed by atoms with E-state index in [2.05, 4.69) is 0 Å². The number of hydrogen-bond donors (Lipinski definition) is 3. The summed E-state index contributed by atoms with van der Waals surface area (Å²) in [5, 5.41) is 33.4. The van der Waals surface area contributed by atoms with Crippen molar-refractivity contribution in [2.75, 3.05) is 0 Å². The zero-order chi connectivity index (χ0) is 15.9. The van der Waals surface area contributed by atoms with Gasteiger partial charge in [-0.2, -0.15) is 0 Å². The average molecular weight is 337 g/mol. The molecule has 3 N–H and O–H groups in total. The second-order valence-electron chi connectivity index (χ2n) is 5.63. The van der Waals surface area contributed by atoms with Crippen molar-refractivity contribution in [2.45, 2.75) is 17.3 Å². The monoisotopic (exact) mass is 336 g/mol. The maximum Gasteiger partial charge on any atom is 0.202 e. The fourth-order valence-electron chi connectivity index (χ4n) is 3.58. The van der Waals surface area contributed by atoms with Crippen LogP contribution in [0.15, 0.2) is 36.4 Å². The summed E-state index contributed by atoms with van der Waals surface area (Å²) >= 11 is 11.9. The van der Waals surface area contributed by atoms with Crippen molar-refractivity contribution in [1.29, 1.82) is 0 Å². The SMILES string of the molecule is O=C1c2ccc(Cl)cc2[C@@]2(O)[C@H](O)c3cc(Cl)ccc3[C@@]12O. The zero-order valence-electron chi connectivity index (χ0n) is 11.0.